The number of aliphatic hydroxyl groups is 1. The molecule has 1 aromatic rings. The Morgan fingerprint density at radius 3 is 2.70 bits per heavy atom. The summed E-state index contributed by atoms with van der Waals surface area (Å²) in [5.41, 5.74) is 0. The average molecular weight is 354 g/mol. The molecule has 5 nitrogen and oxygen atoms in total. The fourth-order valence-corrected chi connectivity index (χ4v) is 5.91. The first-order chi connectivity index (χ1) is 11.1. The highest BCUT2D eigenvalue weighted by Crippen LogP contribution is 2.21. The molecule has 3 heterocycles. The Balaban J connectivity index is 1.48. The van der Waals surface area contributed by atoms with Crippen LogP contribution in [0.4, 0.5) is 0 Å². The minimum absolute atomic E-state index is 0.105. The van der Waals surface area contributed by atoms with Crippen LogP contribution >= 0.6 is 11.3 Å². The molecule has 2 aliphatic heterocycles. The minimum Gasteiger partial charge on any atom is -0.384 e. The van der Waals surface area contributed by atoms with Crippen LogP contribution < -0.4 is 0 Å². The summed E-state index contributed by atoms with van der Waals surface area (Å²) >= 11 is 1.67. The molecule has 0 unspecified atom stereocenters. The number of thiophene rings is 1. The van der Waals surface area contributed by atoms with Crippen molar-refractivity contribution in [1.29, 1.82) is 0 Å². The molecule has 2 fully saturated rings. The molecule has 0 radical (unpaired) electrons. The zero-order chi connectivity index (χ0) is 16.3. The summed E-state index contributed by atoms with van der Waals surface area (Å²) in [4.78, 5) is 7.02. The van der Waals surface area contributed by atoms with Gasteiger partial charge in [0.15, 0.2) is 9.84 Å². The van der Waals surface area contributed by atoms with Gasteiger partial charge in [0, 0.05) is 43.6 Å². The van der Waals surface area contributed by atoms with Crippen LogP contribution in [0.25, 0.3) is 0 Å². The third kappa shape index (κ3) is 4.55. The maximum atomic E-state index is 11.6. The molecule has 0 spiro atoms. The Morgan fingerprint density at radius 2 is 2.04 bits per heavy atom. The fraction of sp³-hybridized carbons (Fsp3) is 0.625. The SMILES string of the molecule is O=S1(=O)CC[C@@H](N2CCN(Cc3ccc(C#CCO)s3)CC2)C1. The summed E-state index contributed by atoms with van der Waals surface area (Å²) in [5.74, 6) is 6.30. The Kier molecular flexibility index (Phi) is 5.39. The average Bonchev–Trinajstić information content (AvgIpc) is 3.12. The van der Waals surface area contributed by atoms with Crippen LogP contribution in [0, 0.1) is 11.8 Å². The molecule has 2 aliphatic rings. The number of rotatable bonds is 3. The summed E-state index contributed by atoms with van der Waals surface area (Å²) in [6.45, 7) is 4.66. The first kappa shape index (κ1) is 16.9. The first-order valence-electron chi connectivity index (χ1n) is 7.91. The molecular formula is C16H22N2O3S2. The van der Waals surface area contributed by atoms with E-state index in [2.05, 4.69) is 27.7 Å². The van der Waals surface area contributed by atoms with Crippen LogP contribution in [-0.2, 0) is 16.4 Å². The second-order valence-corrected chi connectivity index (χ2v) is 9.49. The van der Waals surface area contributed by atoms with Crippen molar-refractivity contribution in [2.45, 2.75) is 19.0 Å². The van der Waals surface area contributed by atoms with Crippen LogP contribution in [0.3, 0.4) is 0 Å². The highest BCUT2D eigenvalue weighted by Gasteiger charge is 2.33. The summed E-state index contributed by atoms with van der Waals surface area (Å²) in [5, 5.41) is 8.72. The van der Waals surface area contributed by atoms with Crippen molar-refractivity contribution >= 4 is 21.2 Å². The molecule has 3 rings (SSSR count). The Labute approximate surface area is 141 Å². The predicted molar refractivity (Wildman–Crippen MR) is 92.2 cm³/mol. The van der Waals surface area contributed by atoms with Crippen LogP contribution in [0.1, 0.15) is 16.2 Å². The summed E-state index contributed by atoms with van der Waals surface area (Å²) in [7, 11) is -2.80. The van der Waals surface area contributed by atoms with Gasteiger partial charge in [-0.05, 0) is 18.6 Å². The van der Waals surface area contributed by atoms with E-state index in [0.29, 0.717) is 11.5 Å². The molecule has 1 atom stereocenters. The van der Waals surface area contributed by atoms with E-state index < -0.39 is 9.84 Å². The van der Waals surface area contributed by atoms with E-state index in [4.69, 9.17) is 5.11 Å². The van der Waals surface area contributed by atoms with Crippen LogP contribution in [-0.4, -0.2) is 73.7 Å². The Bertz CT molecular complexity index is 694. The van der Waals surface area contributed by atoms with Gasteiger partial charge in [-0.25, -0.2) is 8.42 Å². The molecule has 0 aromatic carbocycles. The van der Waals surface area contributed by atoms with Crippen molar-refractivity contribution in [3.63, 3.8) is 0 Å². The minimum atomic E-state index is -2.80. The Hall–Kier alpha value is -0.910. The first-order valence-corrected chi connectivity index (χ1v) is 10.5. The summed E-state index contributed by atoms with van der Waals surface area (Å²) in [6.07, 6.45) is 0.792. The summed E-state index contributed by atoms with van der Waals surface area (Å²) < 4.78 is 23.2. The van der Waals surface area contributed by atoms with Gasteiger partial charge >= 0.3 is 0 Å². The van der Waals surface area contributed by atoms with Gasteiger partial charge in [0.05, 0.1) is 16.4 Å². The van der Waals surface area contributed by atoms with Gasteiger partial charge < -0.3 is 5.11 Å². The van der Waals surface area contributed by atoms with Gasteiger partial charge in [-0.2, -0.15) is 0 Å². The number of hydrogen-bond donors (Lipinski definition) is 1. The molecule has 126 valence electrons. The lowest BCUT2D eigenvalue weighted by Crippen LogP contribution is -2.50. The quantitative estimate of drug-likeness (QED) is 0.796. The van der Waals surface area contributed by atoms with Crippen LogP contribution in [0.2, 0.25) is 0 Å². The molecule has 2 saturated heterocycles. The van der Waals surface area contributed by atoms with Crippen molar-refractivity contribution < 1.29 is 13.5 Å². The van der Waals surface area contributed by atoms with Crippen molar-refractivity contribution in [3.8, 4) is 11.8 Å². The van der Waals surface area contributed by atoms with Gasteiger partial charge in [-0.15, -0.1) is 11.3 Å². The maximum Gasteiger partial charge on any atom is 0.151 e. The molecule has 1 N–H and O–H groups in total. The number of sulfone groups is 1. The molecular weight excluding hydrogens is 332 g/mol. The van der Waals surface area contributed by atoms with Gasteiger partial charge in [-0.1, -0.05) is 11.8 Å². The van der Waals surface area contributed by atoms with Crippen molar-refractivity contribution in [1.82, 2.24) is 9.80 Å². The molecule has 23 heavy (non-hydrogen) atoms. The maximum absolute atomic E-state index is 11.6. The van der Waals surface area contributed by atoms with Crippen molar-refractivity contribution in [3.05, 3.63) is 21.9 Å². The lowest BCUT2D eigenvalue weighted by molar-refractivity contribution is 0.101. The van der Waals surface area contributed by atoms with Crippen molar-refractivity contribution in [2.24, 2.45) is 0 Å². The van der Waals surface area contributed by atoms with E-state index in [0.717, 1.165) is 44.0 Å². The zero-order valence-corrected chi connectivity index (χ0v) is 14.7. The number of piperazine rings is 1. The van der Waals surface area contributed by atoms with Gasteiger partial charge in [0.25, 0.3) is 0 Å². The summed E-state index contributed by atoms with van der Waals surface area (Å²) in [6, 6.07) is 4.33. The number of hydrogen-bond acceptors (Lipinski definition) is 6. The molecule has 0 amide bonds. The molecule has 1 aromatic heterocycles. The van der Waals surface area contributed by atoms with Gasteiger partial charge in [-0.3, -0.25) is 9.80 Å². The van der Waals surface area contributed by atoms with Crippen molar-refractivity contribution in [2.75, 3.05) is 44.3 Å². The Morgan fingerprint density at radius 1 is 1.26 bits per heavy atom. The van der Waals surface area contributed by atoms with Gasteiger partial charge in [0.1, 0.15) is 6.61 Å². The predicted octanol–water partition coefficient (Wildman–Crippen LogP) is 0.397. The zero-order valence-electron chi connectivity index (χ0n) is 13.1. The standard InChI is InChI=1S/C16H22N2O3S2/c19-10-1-2-15-3-4-16(22-15)12-17-6-8-18(9-7-17)14-5-11-23(20,21)13-14/h3-4,14,19H,5-13H2/t14-/m1/s1. The number of nitrogens with zero attached hydrogens (tertiary/aromatic N) is 2. The van der Waals surface area contributed by atoms with Crippen LogP contribution in [0.15, 0.2) is 12.1 Å². The highest BCUT2D eigenvalue weighted by molar-refractivity contribution is 7.91. The molecule has 0 bridgehead atoms. The molecule has 7 heteroatoms. The second kappa shape index (κ2) is 7.32. The smallest absolute Gasteiger partial charge is 0.151 e. The van der Waals surface area contributed by atoms with E-state index in [1.165, 1.54) is 4.88 Å². The van der Waals surface area contributed by atoms with Crippen LogP contribution in [0.5, 0.6) is 0 Å². The molecule has 0 saturated carbocycles. The van der Waals surface area contributed by atoms with E-state index >= 15 is 0 Å². The monoisotopic (exact) mass is 354 g/mol. The highest BCUT2D eigenvalue weighted by atomic mass is 32.2. The molecule has 0 aliphatic carbocycles. The third-order valence-electron chi connectivity index (χ3n) is 4.46. The lowest BCUT2D eigenvalue weighted by Gasteiger charge is -2.37. The van der Waals surface area contributed by atoms with E-state index in [9.17, 15) is 8.42 Å². The fourth-order valence-electron chi connectivity index (χ4n) is 3.23. The van der Waals surface area contributed by atoms with E-state index in [-0.39, 0.29) is 12.6 Å². The van der Waals surface area contributed by atoms with Gasteiger partial charge in [0.2, 0.25) is 0 Å². The third-order valence-corrected chi connectivity index (χ3v) is 7.20. The lowest BCUT2D eigenvalue weighted by atomic mass is 10.2. The van der Waals surface area contributed by atoms with E-state index in [1.807, 2.05) is 6.07 Å². The topological polar surface area (TPSA) is 60.9 Å². The largest absolute Gasteiger partial charge is 0.384 e. The number of aliphatic hydroxyl groups excluding tert-OH is 1. The van der Waals surface area contributed by atoms with E-state index in [1.54, 1.807) is 11.3 Å². The second-order valence-electron chi connectivity index (χ2n) is 6.09. The normalized spacial score (nSPS) is 25.2.